The van der Waals surface area contributed by atoms with Gasteiger partial charge in [-0.2, -0.15) is 0 Å². The summed E-state index contributed by atoms with van der Waals surface area (Å²) in [5, 5.41) is 9.06. The molecule has 2 aliphatic rings. The van der Waals surface area contributed by atoms with Crippen LogP contribution in [0, 0.1) is 5.92 Å². The summed E-state index contributed by atoms with van der Waals surface area (Å²) in [6, 6.07) is 8.84. The molecule has 3 rings (SSSR count). The minimum Gasteiger partial charge on any atom is -0.481 e. The first-order valence-corrected chi connectivity index (χ1v) is 5.83. The third-order valence-electron chi connectivity index (χ3n) is 3.82. The molecule has 0 saturated carbocycles. The summed E-state index contributed by atoms with van der Waals surface area (Å²) in [6.07, 6.45) is 2.59. The maximum Gasteiger partial charge on any atom is 0.306 e. The predicted octanol–water partition coefficient (Wildman–Crippen LogP) is 1.91. The van der Waals surface area contributed by atoms with Crippen molar-refractivity contribution in [3.05, 3.63) is 29.8 Å². The summed E-state index contributed by atoms with van der Waals surface area (Å²) in [4.78, 5) is 13.4. The standard InChI is InChI=1S/C13H15NO2/c15-13(16)10-5-6-14-11(8-10)7-9-3-1-2-4-12(9)14/h1-4,10-11H,5-8H2,(H,15,16). The SMILES string of the molecule is O=C(O)C1CCN2c3ccccc3CC2C1. The first-order valence-electron chi connectivity index (χ1n) is 5.83. The Morgan fingerprint density at radius 3 is 3.00 bits per heavy atom. The van der Waals surface area contributed by atoms with Gasteiger partial charge in [-0.05, 0) is 30.9 Å². The molecule has 1 saturated heterocycles. The maximum absolute atomic E-state index is 11.0. The van der Waals surface area contributed by atoms with Crippen molar-refractivity contribution < 1.29 is 9.90 Å². The molecule has 84 valence electrons. The number of fused-ring (bicyclic) bond motifs is 3. The Morgan fingerprint density at radius 2 is 2.19 bits per heavy atom. The van der Waals surface area contributed by atoms with Gasteiger partial charge in [0.1, 0.15) is 0 Å². The van der Waals surface area contributed by atoms with Crippen molar-refractivity contribution in [2.75, 3.05) is 11.4 Å². The molecule has 2 aliphatic heterocycles. The maximum atomic E-state index is 11.0. The molecule has 2 heterocycles. The van der Waals surface area contributed by atoms with Crippen LogP contribution in [0.2, 0.25) is 0 Å². The van der Waals surface area contributed by atoms with Crippen molar-refractivity contribution in [3.8, 4) is 0 Å². The lowest BCUT2D eigenvalue weighted by atomic mass is 9.91. The predicted molar refractivity (Wildman–Crippen MR) is 61.6 cm³/mol. The van der Waals surface area contributed by atoms with Crippen molar-refractivity contribution in [1.82, 2.24) is 0 Å². The number of rotatable bonds is 1. The van der Waals surface area contributed by atoms with Gasteiger partial charge in [-0.1, -0.05) is 18.2 Å². The Labute approximate surface area is 94.7 Å². The average Bonchev–Trinajstić information content (AvgIpc) is 2.66. The number of aliphatic carboxylic acids is 1. The molecule has 1 N–H and O–H groups in total. The van der Waals surface area contributed by atoms with Gasteiger partial charge in [-0.25, -0.2) is 0 Å². The van der Waals surface area contributed by atoms with Gasteiger partial charge in [0.2, 0.25) is 0 Å². The molecule has 0 aromatic heterocycles. The Hall–Kier alpha value is -1.51. The zero-order valence-electron chi connectivity index (χ0n) is 9.10. The first kappa shape index (κ1) is 9.70. The van der Waals surface area contributed by atoms with Crippen LogP contribution in [-0.2, 0) is 11.2 Å². The van der Waals surface area contributed by atoms with Gasteiger partial charge in [0.15, 0.2) is 0 Å². The second kappa shape index (κ2) is 3.51. The molecule has 0 spiro atoms. The molecule has 3 heteroatoms. The fourth-order valence-electron chi connectivity index (χ4n) is 3.00. The summed E-state index contributed by atoms with van der Waals surface area (Å²) in [5.74, 6) is -0.772. The van der Waals surface area contributed by atoms with Crippen LogP contribution in [-0.4, -0.2) is 23.7 Å². The highest BCUT2D eigenvalue weighted by atomic mass is 16.4. The topological polar surface area (TPSA) is 40.5 Å². The third kappa shape index (κ3) is 1.39. The lowest BCUT2D eigenvalue weighted by molar-refractivity contribution is -0.142. The number of hydrogen-bond acceptors (Lipinski definition) is 2. The molecule has 1 aromatic rings. The van der Waals surface area contributed by atoms with Gasteiger partial charge in [0, 0.05) is 18.3 Å². The highest BCUT2D eigenvalue weighted by Gasteiger charge is 2.36. The Balaban J connectivity index is 1.85. The lowest BCUT2D eigenvalue weighted by Crippen LogP contribution is -2.42. The van der Waals surface area contributed by atoms with E-state index in [2.05, 4.69) is 29.2 Å². The Kier molecular flexibility index (Phi) is 2.13. The highest BCUT2D eigenvalue weighted by Crippen LogP contribution is 2.38. The molecule has 3 nitrogen and oxygen atoms in total. The van der Waals surface area contributed by atoms with E-state index in [1.54, 1.807) is 0 Å². The normalized spacial score (nSPS) is 27.4. The molecule has 1 fully saturated rings. The monoisotopic (exact) mass is 217 g/mol. The van der Waals surface area contributed by atoms with Crippen molar-refractivity contribution >= 4 is 11.7 Å². The Bertz CT molecular complexity index is 430. The largest absolute Gasteiger partial charge is 0.481 e. The van der Waals surface area contributed by atoms with Crippen molar-refractivity contribution in [1.29, 1.82) is 0 Å². The number of hydrogen-bond donors (Lipinski definition) is 1. The van der Waals surface area contributed by atoms with E-state index >= 15 is 0 Å². The van der Waals surface area contributed by atoms with Gasteiger partial charge in [0.25, 0.3) is 0 Å². The molecule has 0 amide bonds. The van der Waals surface area contributed by atoms with E-state index in [4.69, 9.17) is 5.11 Å². The number of para-hydroxylation sites is 1. The number of anilines is 1. The lowest BCUT2D eigenvalue weighted by Gasteiger charge is -2.35. The minimum absolute atomic E-state index is 0.143. The van der Waals surface area contributed by atoms with Crippen LogP contribution in [0.4, 0.5) is 5.69 Å². The van der Waals surface area contributed by atoms with Gasteiger partial charge in [-0.3, -0.25) is 4.79 Å². The van der Waals surface area contributed by atoms with Crippen LogP contribution in [0.25, 0.3) is 0 Å². The molecular weight excluding hydrogens is 202 g/mol. The minimum atomic E-state index is -0.629. The highest BCUT2D eigenvalue weighted by molar-refractivity contribution is 5.71. The molecule has 0 radical (unpaired) electrons. The second-order valence-electron chi connectivity index (χ2n) is 4.74. The fraction of sp³-hybridized carbons (Fsp3) is 0.462. The van der Waals surface area contributed by atoms with Crippen LogP contribution < -0.4 is 4.90 Å². The first-order chi connectivity index (χ1) is 7.75. The number of carboxylic acids is 1. The van der Waals surface area contributed by atoms with Crippen molar-refractivity contribution in [2.24, 2.45) is 5.92 Å². The van der Waals surface area contributed by atoms with E-state index < -0.39 is 5.97 Å². The average molecular weight is 217 g/mol. The van der Waals surface area contributed by atoms with E-state index in [1.165, 1.54) is 11.3 Å². The van der Waals surface area contributed by atoms with Gasteiger partial charge < -0.3 is 10.0 Å². The number of nitrogens with zero attached hydrogens (tertiary/aromatic N) is 1. The zero-order chi connectivity index (χ0) is 11.1. The van der Waals surface area contributed by atoms with E-state index in [0.29, 0.717) is 6.04 Å². The number of carbonyl (C=O) groups is 1. The van der Waals surface area contributed by atoms with Crippen molar-refractivity contribution in [2.45, 2.75) is 25.3 Å². The van der Waals surface area contributed by atoms with Gasteiger partial charge in [-0.15, -0.1) is 0 Å². The fourth-order valence-corrected chi connectivity index (χ4v) is 3.00. The molecule has 0 aliphatic carbocycles. The number of benzene rings is 1. The zero-order valence-corrected chi connectivity index (χ0v) is 9.10. The third-order valence-corrected chi connectivity index (χ3v) is 3.82. The van der Waals surface area contributed by atoms with E-state index in [-0.39, 0.29) is 5.92 Å². The Morgan fingerprint density at radius 1 is 1.38 bits per heavy atom. The van der Waals surface area contributed by atoms with Crippen LogP contribution in [0.5, 0.6) is 0 Å². The van der Waals surface area contributed by atoms with Crippen LogP contribution in [0.15, 0.2) is 24.3 Å². The number of piperidine rings is 1. The van der Waals surface area contributed by atoms with Crippen LogP contribution >= 0.6 is 0 Å². The molecule has 2 atom stereocenters. The van der Waals surface area contributed by atoms with E-state index in [1.807, 2.05) is 0 Å². The van der Waals surface area contributed by atoms with E-state index in [9.17, 15) is 4.79 Å². The number of carboxylic acid groups (broad SMARTS) is 1. The molecule has 2 unspecified atom stereocenters. The summed E-state index contributed by atoms with van der Waals surface area (Å²) in [7, 11) is 0. The van der Waals surface area contributed by atoms with E-state index in [0.717, 1.165) is 25.8 Å². The second-order valence-corrected chi connectivity index (χ2v) is 4.74. The molecule has 16 heavy (non-hydrogen) atoms. The van der Waals surface area contributed by atoms with Crippen LogP contribution in [0.3, 0.4) is 0 Å². The summed E-state index contributed by atoms with van der Waals surface area (Å²) in [6.45, 7) is 0.888. The molecule has 1 aromatic carbocycles. The van der Waals surface area contributed by atoms with Gasteiger partial charge >= 0.3 is 5.97 Å². The van der Waals surface area contributed by atoms with Gasteiger partial charge in [0.05, 0.1) is 5.92 Å². The summed E-state index contributed by atoms with van der Waals surface area (Å²) >= 11 is 0. The molecule has 0 bridgehead atoms. The van der Waals surface area contributed by atoms with Crippen molar-refractivity contribution in [3.63, 3.8) is 0 Å². The molecular formula is C13H15NO2. The smallest absolute Gasteiger partial charge is 0.306 e. The summed E-state index contributed by atoms with van der Waals surface area (Å²) < 4.78 is 0. The quantitative estimate of drug-likeness (QED) is 0.781. The summed E-state index contributed by atoms with van der Waals surface area (Å²) in [5.41, 5.74) is 2.69. The van der Waals surface area contributed by atoms with Crippen LogP contribution in [0.1, 0.15) is 18.4 Å².